The van der Waals surface area contributed by atoms with Crippen LogP contribution in [0.2, 0.25) is 0 Å². The van der Waals surface area contributed by atoms with E-state index < -0.39 is 0 Å². The Morgan fingerprint density at radius 1 is 1.45 bits per heavy atom. The minimum Gasteiger partial charge on any atom is -0.450 e. The van der Waals surface area contributed by atoms with Crippen molar-refractivity contribution in [2.45, 2.75) is 19.8 Å². The Kier molecular flexibility index (Phi) is 5.19. The molecule has 1 aliphatic heterocycles. The molecule has 4 heteroatoms. The number of aromatic nitrogens is 1. The molecule has 20 heavy (non-hydrogen) atoms. The fourth-order valence-corrected chi connectivity index (χ4v) is 1.98. The second kappa shape index (κ2) is 7.34. The molecule has 0 aliphatic carbocycles. The Balaban J connectivity index is 1.86. The molecule has 1 saturated heterocycles. The number of allylic oxidation sites excluding steroid dienone is 1. The van der Waals surface area contributed by atoms with Crippen molar-refractivity contribution in [3.05, 3.63) is 41.7 Å². The van der Waals surface area contributed by atoms with Gasteiger partial charge in [0.1, 0.15) is 5.69 Å². The van der Waals surface area contributed by atoms with Crippen molar-refractivity contribution in [2.75, 3.05) is 19.7 Å². The van der Waals surface area contributed by atoms with Crippen LogP contribution in [0.1, 0.15) is 25.5 Å². The molecule has 0 spiro atoms. The van der Waals surface area contributed by atoms with E-state index in [9.17, 15) is 4.79 Å². The van der Waals surface area contributed by atoms with E-state index in [1.54, 1.807) is 11.1 Å². The summed E-state index contributed by atoms with van der Waals surface area (Å²) in [6.45, 7) is 3.65. The van der Waals surface area contributed by atoms with Gasteiger partial charge in [0.2, 0.25) is 0 Å². The van der Waals surface area contributed by atoms with Gasteiger partial charge < -0.3 is 9.64 Å². The zero-order valence-electron chi connectivity index (χ0n) is 11.6. The number of hydrogen-bond acceptors (Lipinski definition) is 3. The third-order valence-electron chi connectivity index (χ3n) is 3.07. The maximum atomic E-state index is 11.6. The Morgan fingerprint density at radius 3 is 2.90 bits per heavy atom. The molecular formula is C16H18N2O2. The van der Waals surface area contributed by atoms with E-state index in [0.29, 0.717) is 19.7 Å². The van der Waals surface area contributed by atoms with Crippen molar-refractivity contribution in [1.82, 2.24) is 9.88 Å². The number of ether oxygens (including phenoxy) is 1. The van der Waals surface area contributed by atoms with Crippen LogP contribution < -0.4 is 0 Å². The predicted octanol–water partition coefficient (Wildman–Crippen LogP) is 2.61. The first-order valence-corrected chi connectivity index (χ1v) is 6.82. The van der Waals surface area contributed by atoms with Crippen LogP contribution in [0.25, 0.3) is 0 Å². The Morgan fingerprint density at radius 2 is 2.25 bits per heavy atom. The van der Waals surface area contributed by atoms with Crippen molar-refractivity contribution < 1.29 is 9.53 Å². The third-order valence-corrected chi connectivity index (χ3v) is 3.07. The third kappa shape index (κ3) is 4.13. The minimum atomic E-state index is -0.217. The summed E-state index contributed by atoms with van der Waals surface area (Å²) in [6, 6.07) is 5.67. The van der Waals surface area contributed by atoms with Gasteiger partial charge in [-0.05, 0) is 43.9 Å². The first-order chi connectivity index (χ1) is 9.79. The molecular weight excluding hydrogens is 252 g/mol. The second-order valence-electron chi connectivity index (χ2n) is 4.47. The summed E-state index contributed by atoms with van der Waals surface area (Å²) in [4.78, 5) is 17.4. The van der Waals surface area contributed by atoms with Crippen molar-refractivity contribution >= 4 is 6.09 Å². The lowest BCUT2D eigenvalue weighted by Crippen LogP contribution is -2.36. The Bertz CT molecular complexity index is 531. The molecule has 0 N–H and O–H groups in total. The van der Waals surface area contributed by atoms with Gasteiger partial charge >= 0.3 is 6.09 Å². The summed E-state index contributed by atoms with van der Waals surface area (Å²) in [5, 5.41) is 0. The lowest BCUT2D eigenvalue weighted by molar-refractivity contribution is 0.104. The standard InChI is InChI=1S/C16H18N2O2/c1-2-20-16(19)18-12-9-14(10-13-18)6-5-8-15-7-3-4-11-17-15/h3-4,6-7,11H,2,9-10,12-13H2,1H3. The summed E-state index contributed by atoms with van der Waals surface area (Å²) in [5.41, 5.74) is 2.04. The van der Waals surface area contributed by atoms with Gasteiger partial charge in [-0.3, -0.25) is 0 Å². The molecule has 0 bridgehead atoms. The number of carbonyl (C=O) groups is 1. The topological polar surface area (TPSA) is 42.4 Å². The molecule has 1 aliphatic rings. The number of amides is 1. The van der Waals surface area contributed by atoms with Gasteiger partial charge in [0.15, 0.2) is 0 Å². The lowest BCUT2D eigenvalue weighted by atomic mass is 10.0. The fourth-order valence-electron chi connectivity index (χ4n) is 1.98. The van der Waals surface area contributed by atoms with E-state index in [2.05, 4.69) is 16.8 Å². The van der Waals surface area contributed by atoms with Crippen molar-refractivity contribution in [3.63, 3.8) is 0 Å². The lowest BCUT2D eigenvalue weighted by Gasteiger charge is -2.27. The van der Waals surface area contributed by atoms with E-state index in [1.165, 1.54) is 5.57 Å². The van der Waals surface area contributed by atoms with Crippen LogP contribution in [0.5, 0.6) is 0 Å². The van der Waals surface area contributed by atoms with Gasteiger partial charge in [-0.2, -0.15) is 0 Å². The normalized spacial score (nSPS) is 14.2. The monoisotopic (exact) mass is 270 g/mol. The summed E-state index contributed by atoms with van der Waals surface area (Å²) in [5.74, 6) is 6.03. The summed E-state index contributed by atoms with van der Waals surface area (Å²) >= 11 is 0. The quantitative estimate of drug-likeness (QED) is 0.737. The van der Waals surface area contributed by atoms with Crippen LogP contribution in [-0.2, 0) is 4.74 Å². The molecule has 2 heterocycles. The van der Waals surface area contributed by atoms with Crippen LogP contribution in [0.4, 0.5) is 4.79 Å². The molecule has 0 atom stereocenters. The molecule has 0 aromatic carbocycles. The van der Waals surface area contributed by atoms with Gasteiger partial charge in [0.25, 0.3) is 0 Å². The number of likely N-dealkylation sites (tertiary alicyclic amines) is 1. The first kappa shape index (κ1) is 14.1. The largest absolute Gasteiger partial charge is 0.450 e. The number of nitrogens with zero attached hydrogens (tertiary/aromatic N) is 2. The molecule has 0 radical (unpaired) electrons. The predicted molar refractivity (Wildman–Crippen MR) is 77.0 cm³/mol. The second-order valence-corrected chi connectivity index (χ2v) is 4.47. The smallest absolute Gasteiger partial charge is 0.409 e. The van der Waals surface area contributed by atoms with E-state index in [0.717, 1.165) is 18.5 Å². The molecule has 0 saturated carbocycles. The zero-order chi connectivity index (χ0) is 14.2. The van der Waals surface area contributed by atoms with E-state index in [1.807, 2.05) is 31.2 Å². The van der Waals surface area contributed by atoms with Crippen LogP contribution >= 0.6 is 0 Å². The average molecular weight is 270 g/mol. The maximum Gasteiger partial charge on any atom is 0.409 e. The van der Waals surface area contributed by atoms with Crippen LogP contribution in [0.15, 0.2) is 36.0 Å². The van der Waals surface area contributed by atoms with Crippen LogP contribution in [-0.4, -0.2) is 35.7 Å². The molecule has 4 nitrogen and oxygen atoms in total. The maximum absolute atomic E-state index is 11.6. The van der Waals surface area contributed by atoms with Crippen molar-refractivity contribution in [2.24, 2.45) is 0 Å². The summed E-state index contributed by atoms with van der Waals surface area (Å²) in [6.07, 6.45) is 5.17. The highest BCUT2D eigenvalue weighted by molar-refractivity contribution is 5.67. The molecule has 1 fully saturated rings. The molecule has 1 amide bonds. The van der Waals surface area contributed by atoms with Crippen LogP contribution in [0, 0.1) is 11.8 Å². The minimum absolute atomic E-state index is 0.217. The van der Waals surface area contributed by atoms with E-state index in [4.69, 9.17) is 4.74 Å². The average Bonchev–Trinajstić information content (AvgIpc) is 2.49. The highest BCUT2D eigenvalue weighted by Crippen LogP contribution is 2.16. The SMILES string of the molecule is CCOC(=O)N1CCC(=CC#Cc2ccccn2)CC1. The molecule has 2 rings (SSSR count). The fraction of sp³-hybridized carbons (Fsp3) is 0.375. The first-order valence-electron chi connectivity index (χ1n) is 6.82. The van der Waals surface area contributed by atoms with Crippen molar-refractivity contribution in [1.29, 1.82) is 0 Å². The van der Waals surface area contributed by atoms with Gasteiger partial charge in [-0.15, -0.1) is 0 Å². The number of hydrogen-bond donors (Lipinski definition) is 0. The van der Waals surface area contributed by atoms with Gasteiger partial charge in [0.05, 0.1) is 6.61 Å². The summed E-state index contributed by atoms with van der Waals surface area (Å²) < 4.78 is 4.99. The van der Waals surface area contributed by atoms with Crippen molar-refractivity contribution in [3.8, 4) is 11.8 Å². The summed E-state index contributed by atoms with van der Waals surface area (Å²) in [7, 11) is 0. The van der Waals surface area contributed by atoms with Crippen LogP contribution in [0.3, 0.4) is 0 Å². The highest BCUT2D eigenvalue weighted by Gasteiger charge is 2.19. The number of carbonyl (C=O) groups excluding carboxylic acids is 1. The van der Waals surface area contributed by atoms with Gasteiger partial charge in [-0.1, -0.05) is 17.6 Å². The Hall–Kier alpha value is -2.28. The molecule has 1 aromatic heterocycles. The highest BCUT2D eigenvalue weighted by atomic mass is 16.6. The molecule has 0 unspecified atom stereocenters. The molecule has 1 aromatic rings. The Labute approximate surface area is 119 Å². The zero-order valence-corrected chi connectivity index (χ0v) is 11.6. The number of rotatable bonds is 1. The number of pyridine rings is 1. The van der Waals surface area contributed by atoms with Gasteiger partial charge in [0, 0.05) is 19.3 Å². The van der Waals surface area contributed by atoms with Gasteiger partial charge in [-0.25, -0.2) is 9.78 Å². The van der Waals surface area contributed by atoms with E-state index >= 15 is 0 Å². The number of piperidine rings is 1. The molecule has 104 valence electrons. The van der Waals surface area contributed by atoms with E-state index in [-0.39, 0.29) is 6.09 Å².